The molecule has 3 heteroatoms. The van der Waals surface area contributed by atoms with E-state index >= 15 is 0 Å². The Morgan fingerprint density at radius 3 is 1.72 bits per heavy atom. The molecule has 5 rings (SSSR count). The van der Waals surface area contributed by atoms with E-state index in [9.17, 15) is 4.79 Å². The zero-order chi connectivity index (χ0) is 27.1. The molecule has 2 bridgehead atoms. The molecule has 2 atom stereocenters. The van der Waals surface area contributed by atoms with E-state index in [2.05, 4.69) is 79.7 Å². The summed E-state index contributed by atoms with van der Waals surface area (Å²) in [6, 6.07) is 31.3. The molecule has 0 N–H and O–H groups in total. The number of benzene rings is 3. The number of carbonyl (C=O) groups excluding carboxylic acids is 1. The van der Waals surface area contributed by atoms with Crippen LogP contribution in [0.1, 0.15) is 75.0 Å². The van der Waals surface area contributed by atoms with E-state index in [1.165, 1.54) is 12.8 Å². The largest absolute Gasteiger partial charge is 0.497 e. The lowest BCUT2D eigenvalue weighted by molar-refractivity contribution is -0.125. The molecule has 1 saturated carbocycles. The summed E-state index contributed by atoms with van der Waals surface area (Å²) in [6.45, 7) is 2.07. The van der Waals surface area contributed by atoms with Crippen LogP contribution < -0.4 is 0 Å². The van der Waals surface area contributed by atoms with Gasteiger partial charge in [-0.25, -0.2) is 0 Å². The number of carbonyl (C=O) groups is 1. The van der Waals surface area contributed by atoms with Gasteiger partial charge >= 0.3 is 0 Å². The molecule has 3 nitrogen and oxygen atoms in total. The molecule has 2 aliphatic rings. The van der Waals surface area contributed by atoms with Gasteiger partial charge in [0.2, 0.25) is 0 Å². The summed E-state index contributed by atoms with van der Waals surface area (Å²) >= 11 is 0. The van der Waals surface area contributed by atoms with E-state index in [1.807, 2.05) is 30.4 Å². The number of Topliss-reactive ketones (excluding diaryl/α,β-unsaturated/α-hetero) is 1. The van der Waals surface area contributed by atoms with Gasteiger partial charge in [-0.3, -0.25) is 4.79 Å². The van der Waals surface area contributed by atoms with Gasteiger partial charge in [0.05, 0.1) is 18.6 Å². The second-order valence-electron chi connectivity index (χ2n) is 11.1. The van der Waals surface area contributed by atoms with Crippen LogP contribution >= 0.6 is 0 Å². The normalized spacial score (nSPS) is 22.6. The highest BCUT2D eigenvalue weighted by molar-refractivity contribution is 6.03. The first-order valence-corrected chi connectivity index (χ1v) is 14.4. The fraction of sp³-hybridized carbons (Fsp3) is 0.361. The number of ketones is 1. The summed E-state index contributed by atoms with van der Waals surface area (Å²) in [6.07, 6.45) is 11.9. The Balaban J connectivity index is 1.69. The van der Waals surface area contributed by atoms with Crippen LogP contribution in [0.25, 0.3) is 0 Å². The van der Waals surface area contributed by atoms with Crippen molar-refractivity contribution < 1.29 is 14.3 Å². The fourth-order valence-corrected chi connectivity index (χ4v) is 6.26. The van der Waals surface area contributed by atoms with Gasteiger partial charge in [-0.2, -0.15) is 0 Å². The lowest BCUT2D eigenvalue weighted by Gasteiger charge is -2.41. The smallest absolute Gasteiger partial charge is 0.171 e. The number of allylic oxidation sites excluding steroid dienone is 2. The predicted octanol–water partition coefficient (Wildman–Crippen LogP) is 8.54. The molecule has 0 aromatic heterocycles. The van der Waals surface area contributed by atoms with Crippen molar-refractivity contribution in [1.29, 1.82) is 0 Å². The molecule has 3 aromatic rings. The van der Waals surface area contributed by atoms with E-state index in [-0.39, 0.29) is 5.78 Å². The van der Waals surface area contributed by atoms with E-state index < -0.39 is 17.1 Å². The van der Waals surface area contributed by atoms with Crippen molar-refractivity contribution in [2.24, 2.45) is 5.41 Å². The molecule has 0 unspecified atom stereocenters. The van der Waals surface area contributed by atoms with Crippen LogP contribution in [-0.4, -0.2) is 19.0 Å². The molecular weight excluding hydrogens is 480 g/mol. The Hall–Kier alpha value is -3.43. The standard InChI is InChI=1S/C36H40O3/c1-35-25-17-6-4-3-5-16-24-33(32(34(35)37)26-31(27-35)38-2)39-36(28-18-10-7-11-19-28,29-20-12-8-13-21-29)30-22-14-9-15-23-30/h7-15,18-23,26-27,33H,3-6,16-17,24-25H2,1-2H3/t33-,35-/m0/s1. The average molecular weight is 521 g/mol. The van der Waals surface area contributed by atoms with Gasteiger partial charge in [-0.1, -0.05) is 130 Å². The number of rotatable bonds is 6. The Labute approximate surface area is 233 Å². The first kappa shape index (κ1) is 27.1. The van der Waals surface area contributed by atoms with Crippen LogP contribution in [0.4, 0.5) is 0 Å². The molecule has 39 heavy (non-hydrogen) atoms. The number of fused-ring (bicyclic) bond motifs is 2. The second-order valence-corrected chi connectivity index (χ2v) is 11.1. The molecular formula is C36H40O3. The molecule has 3 aromatic carbocycles. The SMILES string of the molecule is COC1=C[C@]2(C)CCCCCCCC[C@H](OC(c3ccccc3)(c3ccccc3)c3ccccc3)C(=C1)C2=O. The van der Waals surface area contributed by atoms with Crippen molar-refractivity contribution in [3.63, 3.8) is 0 Å². The maximum absolute atomic E-state index is 14.3. The monoisotopic (exact) mass is 520 g/mol. The molecule has 0 spiro atoms. The number of ether oxygens (including phenoxy) is 2. The van der Waals surface area contributed by atoms with Gasteiger partial charge in [0, 0.05) is 5.57 Å². The molecule has 0 radical (unpaired) electrons. The minimum absolute atomic E-state index is 0.164. The third-order valence-corrected chi connectivity index (χ3v) is 8.39. The topological polar surface area (TPSA) is 35.5 Å². The van der Waals surface area contributed by atoms with Gasteiger partial charge in [0.25, 0.3) is 0 Å². The van der Waals surface area contributed by atoms with Crippen molar-refractivity contribution in [3.05, 3.63) is 131 Å². The van der Waals surface area contributed by atoms with Crippen LogP contribution in [0.3, 0.4) is 0 Å². The quantitative estimate of drug-likeness (QED) is 0.306. The number of methoxy groups -OCH3 is 1. The van der Waals surface area contributed by atoms with Crippen LogP contribution in [0.5, 0.6) is 0 Å². The van der Waals surface area contributed by atoms with Crippen LogP contribution in [-0.2, 0) is 19.9 Å². The minimum atomic E-state index is -0.891. The zero-order valence-corrected chi connectivity index (χ0v) is 23.3. The van der Waals surface area contributed by atoms with Crippen molar-refractivity contribution in [3.8, 4) is 0 Å². The highest BCUT2D eigenvalue weighted by Gasteiger charge is 2.44. The fourth-order valence-electron chi connectivity index (χ4n) is 6.26. The lowest BCUT2D eigenvalue weighted by Crippen LogP contribution is -2.42. The van der Waals surface area contributed by atoms with Gasteiger partial charge in [-0.05, 0) is 48.6 Å². The van der Waals surface area contributed by atoms with E-state index in [4.69, 9.17) is 9.47 Å². The van der Waals surface area contributed by atoms with Crippen molar-refractivity contribution in [2.75, 3.05) is 7.11 Å². The Kier molecular flexibility index (Phi) is 8.47. The third kappa shape index (κ3) is 5.65. The third-order valence-electron chi connectivity index (χ3n) is 8.39. The van der Waals surface area contributed by atoms with Crippen molar-refractivity contribution in [2.45, 2.75) is 70.0 Å². The van der Waals surface area contributed by atoms with Crippen LogP contribution in [0, 0.1) is 5.41 Å². The molecule has 2 aliphatic carbocycles. The van der Waals surface area contributed by atoms with Crippen molar-refractivity contribution in [1.82, 2.24) is 0 Å². The van der Waals surface area contributed by atoms with Crippen LogP contribution in [0.2, 0.25) is 0 Å². The summed E-state index contributed by atoms with van der Waals surface area (Å²) in [7, 11) is 1.69. The Morgan fingerprint density at radius 1 is 0.718 bits per heavy atom. The van der Waals surface area contributed by atoms with Gasteiger partial charge < -0.3 is 9.47 Å². The average Bonchev–Trinajstić information content (AvgIpc) is 2.98. The first-order valence-electron chi connectivity index (χ1n) is 14.4. The molecule has 0 amide bonds. The highest BCUT2D eigenvalue weighted by atomic mass is 16.5. The number of hydrogen-bond acceptors (Lipinski definition) is 3. The van der Waals surface area contributed by atoms with Gasteiger partial charge in [-0.15, -0.1) is 0 Å². The Bertz CT molecular complexity index is 1200. The van der Waals surface area contributed by atoms with E-state index in [1.54, 1.807) is 7.11 Å². The first-order chi connectivity index (χ1) is 19.1. The summed E-state index contributed by atoms with van der Waals surface area (Å²) in [4.78, 5) is 14.3. The van der Waals surface area contributed by atoms with Gasteiger partial charge in [0.15, 0.2) is 5.78 Å². The Morgan fingerprint density at radius 2 is 1.21 bits per heavy atom. The van der Waals surface area contributed by atoms with E-state index in [0.717, 1.165) is 66.5 Å². The predicted molar refractivity (Wildman–Crippen MR) is 157 cm³/mol. The van der Waals surface area contributed by atoms with Crippen molar-refractivity contribution >= 4 is 5.78 Å². The number of hydrogen-bond donors (Lipinski definition) is 0. The minimum Gasteiger partial charge on any atom is -0.497 e. The highest BCUT2D eigenvalue weighted by Crippen LogP contribution is 2.45. The molecule has 202 valence electrons. The zero-order valence-electron chi connectivity index (χ0n) is 23.3. The summed E-state index contributed by atoms with van der Waals surface area (Å²) in [5.41, 5.74) is 2.38. The van der Waals surface area contributed by atoms with Gasteiger partial charge in [0.1, 0.15) is 11.4 Å². The van der Waals surface area contributed by atoms with E-state index in [0.29, 0.717) is 0 Å². The molecule has 1 fully saturated rings. The molecule has 0 saturated heterocycles. The maximum atomic E-state index is 14.3. The summed E-state index contributed by atoms with van der Waals surface area (Å²) in [5.74, 6) is 0.916. The van der Waals surface area contributed by atoms with Crippen LogP contribution in [0.15, 0.2) is 114 Å². The lowest BCUT2D eigenvalue weighted by atomic mass is 9.72. The molecule has 0 aliphatic heterocycles. The summed E-state index contributed by atoms with van der Waals surface area (Å²) in [5, 5.41) is 0. The summed E-state index contributed by atoms with van der Waals surface area (Å²) < 4.78 is 13.2. The maximum Gasteiger partial charge on any atom is 0.171 e. The molecule has 0 heterocycles. The second kappa shape index (κ2) is 12.2.